The van der Waals surface area contributed by atoms with Crippen molar-refractivity contribution in [2.45, 2.75) is 45.1 Å². The van der Waals surface area contributed by atoms with E-state index >= 15 is 0 Å². The quantitative estimate of drug-likeness (QED) is 0.679. The number of ketones is 1. The van der Waals surface area contributed by atoms with Gasteiger partial charge >= 0.3 is 0 Å². The SMILES string of the molecule is C=C1CCC(N2C(=O)c3ccc(CCC(=O)Cc4ccc(C)c(Cl)c4)cc3C2=O)C(=O)N1. The lowest BCUT2D eigenvalue weighted by Crippen LogP contribution is -2.51. The van der Waals surface area contributed by atoms with Gasteiger partial charge in [-0.15, -0.1) is 0 Å². The Morgan fingerprint density at radius 3 is 2.53 bits per heavy atom. The number of hydrogen-bond acceptors (Lipinski definition) is 4. The molecule has 0 saturated carbocycles. The standard InChI is InChI=1S/C25H23ClN2O4/c1-14-3-5-17(13-21(14)26)11-18(29)8-6-16-7-9-19-20(12-16)25(32)28(24(19)31)22-10-4-15(2)27-23(22)30/h3,5,7,9,12-13,22H,2,4,6,8,10-11H2,1H3,(H,27,30). The monoisotopic (exact) mass is 450 g/mol. The molecule has 4 rings (SSSR count). The van der Waals surface area contributed by atoms with Crippen molar-refractivity contribution in [3.8, 4) is 0 Å². The average molecular weight is 451 g/mol. The molecule has 7 heteroatoms. The maximum Gasteiger partial charge on any atom is 0.262 e. The van der Waals surface area contributed by atoms with Crippen molar-refractivity contribution in [3.63, 3.8) is 0 Å². The van der Waals surface area contributed by atoms with Crippen LogP contribution < -0.4 is 5.32 Å². The molecule has 0 aromatic heterocycles. The molecule has 1 fully saturated rings. The molecule has 164 valence electrons. The lowest BCUT2D eigenvalue weighted by atomic mass is 9.99. The van der Waals surface area contributed by atoms with Gasteiger partial charge in [-0.3, -0.25) is 24.1 Å². The Labute approximate surface area is 191 Å². The normalized spacial score (nSPS) is 18.1. The maximum atomic E-state index is 12.9. The number of amides is 3. The molecule has 1 saturated heterocycles. The Balaban J connectivity index is 1.43. The van der Waals surface area contributed by atoms with E-state index in [-0.39, 0.29) is 23.3 Å². The van der Waals surface area contributed by atoms with Crippen molar-refractivity contribution in [1.29, 1.82) is 0 Å². The molecule has 6 nitrogen and oxygen atoms in total. The summed E-state index contributed by atoms with van der Waals surface area (Å²) in [4.78, 5) is 51.5. The van der Waals surface area contributed by atoms with Crippen molar-refractivity contribution >= 4 is 35.1 Å². The first-order valence-electron chi connectivity index (χ1n) is 10.5. The maximum absolute atomic E-state index is 12.9. The number of nitrogens with zero attached hydrogens (tertiary/aromatic N) is 1. The fourth-order valence-corrected chi connectivity index (χ4v) is 4.30. The average Bonchev–Trinajstić information content (AvgIpc) is 2.99. The van der Waals surface area contributed by atoms with Crippen LogP contribution in [0.1, 0.15) is 56.7 Å². The van der Waals surface area contributed by atoms with E-state index in [4.69, 9.17) is 11.6 Å². The van der Waals surface area contributed by atoms with Crippen molar-refractivity contribution in [2.24, 2.45) is 0 Å². The number of aryl methyl sites for hydroxylation is 2. The van der Waals surface area contributed by atoms with Crippen LogP contribution >= 0.6 is 11.6 Å². The number of rotatable bonds is 6. The van der Waals surface area contributed by atoms with Gasteiger partial charge in [0.2, 0.25) is 5.91 Å². The minimum absolute atomic E-state index is 0.0635. The third-order valence-electron chi connectivity index (χ3n) is 5.95. The predicted molar refractivity (Wildman–Crippen MR) is 120 cm³/mol. The number of nitrogens with one attached hydrogen (secondary N) is 1. The van der Waals surface area contributed by atoms with Crippen molar-refractivity contribution in [2.75, 3.05) is 0 Å². The predicted octanol–water partition coefficient (Wildman–Crippen LogP) is 3.78. The second-order valence-corrected chi connectivity index (χ2v) is 8.71. The van der Waals surface area contributed by atoms with E-state index < -0.39 is 23.8 Å². The largest absolute Gasteiger partial charge is 0.329 e. The minimum atomic E-state index is -0.834. The molecule has 0 aliphatic carbocycles. The second kappa shape index (κ2) is 8.71. The number of piperidine rings is 1. The van der Waals surface area contributed by atoms with E-state index in [1.54, 1.807) is 24.3 Å². The van der Waals surface area contributed by atoms with Crippen LogP contribution in [0.5, 0.6) is 0 Å². The molecule has 1 unspecified atom stereocenters. The van der Waals surface area contributed by atoms with Gasteiger partial charge in [-0.25, -0.2) is 0 Å². The topological polar surface area (TPSA) is 83.6 Å². The number of allylic oxidation sites excluding steroid dienone is 1. The Kier molecular flexibility index (Phi) is 5.98. The Hall–Kier alpha value is -3.25. The summed E-state index contributed by atoms with van der Waals surface area (Å²) in [5.41, 5.74) is 3.78. The fourth-order valence-electron chi connectivity index (χ4n) is 4.10. The van der Waals surface area contributed by atoms with Crippen LogP contribution in [0.15, 0.2) is 48.7 Å². The van der Waals surface area contributed by atoms with Gasteiger partial charge in [0.15, 0.2) is 0 Å². The van der Waals surface area contributed by atoms with E-state index in [9.17, 15) is 19.2 Å². The molecule has 2 aromatic carbocycles. The van der Waals surface area contributed by atoms with Crippen molar-refractivity contribution < 1.29 is 19.2 Å². The molecule has 0 radical (unpaired) electrons. The van der Waals surface area contributed by atoms with Gasteiger partial charge in [0.1, 0.15) is 11.8 Å². The fraction of sp³-hybridized carbons (Fsp3) is 0.280. The Morgan fingerprint density at radius 2 is 1.81 bits per heavy atom. The highest BCUT2D eigenvalue weighted by Crippen LogP contribution is 2.29. The van der Waals surface area contributed by atoms with Crippen LogP contribution in [0.3, 0.4) is 0 Å². The van der Waals surface area contributed by atoms with Gasteiger partial charge in [-0.2, -0.15) is 0 Å². The van der Waals surface area contributed by atoms with Crippen molar-refractivity contribution in [3.05, 3.63) is 81.5 Å². The highest BCUT2D eigenvalue weighted by atomic mass is 35.5. The van der Waals surface area contributed by atoms with Gasteiger partial charge in [0.25, 0.3) is 11.8 Å². The molecular weight excluding hydrogens is 428 g/mol. The zero-order chi connectivity index (χ0) is 23.0. The molecule has 2 aliphatic heterocycles. The van der Waals surface area contributed by atoms with E-state index in [1.807, 2.05) is 19.1 Å². The molecule has 2 aliphatic rings. The summed E-state index contributed by atoms with van der Waals surface area (Å²) in [6.07, 6.45) is 1.93. The van der Waals surface area contributed by atoms with Crippen LogP contribution in [-0.2, 0) is 22.4 Å². The van der Waals surface area contributed by atoms with Gasteiger partial charge in [0.05, 0.1) is 11.1 Å². The highest BCUT2D eigenvalue weighted by molar-refractivity contribution is 6.31. The van der Waals surface area contributed by atoms with Gasteiger partial charge in [-0.1, -0.05) is 36.4 Å². The number of carbonyl (C=O) groups excluding carboxylic acids is 4. The molecule has 2 heterocycles. The van der Waals surface area contributed by atoms with Crippen LogP contribution in [0, 0.1) is 6.92 Å². The Bertz CT molecular complexity index is 1170. The lowest BCUT2D eigenvalue weighted by Gasteiger charge is -2.29. The number of fused-ring (bicyclic) bond motifs is 1. The van der Waals surface area contributed by atoms with Gasteiger partial charge < -0.3 is 5.32 Å². The summed E-state index contributed by atoms with van der Waals surface area (Å²) >= 11 is 6.13. The summed E-state index contributed by atoms with van der Waals surface area (Å²) in [6.45, 7) is 5.64. The molecule has 0 bridgehead atoms. The number of halogens is 1. The summed E-state index contributed by atoms with van der Waals surface area (Å²) in [7, 11) is 0. The van der Waals surface area contributed by atoms with E-state index in [0.717, 1.165) is 21.6 Å². The zero-order valence-corrected chi connectivity index (χ0v) is 18.5. The van der Waals surface area contributed by atoms with E-state index in [1.165, 1.54) is 0 Å². The molecule has 3 amide bonds. The Morgan fingerprint density at radius 1 is 1.09 bits per heavy atom. The number of imide groups is 1. The zero-order valence-electron chi connectivity index (χ0n) is 17.7. The summed E-state index contributed by atoms with van der Waals surface area (Å²) in [5, 5.41) is 3.26. The summed E-state index contributed by atoms with van der Waals surface area (Å²) < 4.78 is 0. The summed E-state index contributed by atoms with van der Waals surface area (Å²) in [5.74, 6) is -1.26. The van der Waals surface area contributed by atoms with E-state index in [0.29, 0.717) is 36.4 Å². The van der Waals surface area contributed by atoms with Gasteiger partial charge in [0, 0.05) is 23.6 Å². The van der Waals surface area contributed by atoms with Gasteiger partial charge in [-0.05, 0) is 61.1 Å². The lowest BCUT2D eigenvalue weighted by molar-refractivity contribution is -0.125. The highest BCUT2D eigenvalue weighted by Gasteiger charge is 2.43. The first kappa shape index (κ1) is 22.0. The number of benzene rings is 2. The van der Waals surface area contributed by atoms with E-state index in [2.05, 4.69) is 11.9 Å². The number of hydrogen-bond donors (Lipinski definition) is 1. The number of carbonyl (C=O) groups is 4. The molecule has 32 heavy (non-hydrogen) atoms. The van der Waals surface area contributed by atoms with Crippen LogP contribution in [-0.4, -0.2) is 34.4 Å². The molecular formula is C25H23ClN2O4. The minimum Gasteiger partial charge on any atom is -0.329 e. The molecule has 1 N–H and O–H groups in total. The third kappa shape index (κ3) is 4.23. The summed E-state index contributed by atoms with van der Waals surface area (Å²) in [6, 6.07) is 9.78. The third-order valence-corrected chi connectivity index (χ3v) is 6.35. The van der Waals surface area contributed by atoms with Crippen molar-refractivity contribution in [1.82, 2.24) is 10.2 Å². The second-order valence-electron chi connectivity index (χ2n) is 8.31. The molecule has 0 spiro atoms. The first-order valence-corrected chi connectivity index (χ1v) is 10.9. The van der Waals surface area contributed by atoms with Crippen LogP contribution in [0.4, 0.5) is 0 Å². The van der Waals surface area contributed by atoms with Crippen LogP contribution in [0.25, 0.3) is 0 Å². The molecule has 1 atom stereocenters. The smallest absolute Gasteiger partial charge is 0.262 e. The first-order chi connectivity index (χ1) is 15.2. The van der Waals surface area contributed by atoms with Crippen LogP contribution in [0.2, 0.25) is 5.02 Å². The number of Topliss-reactive ketones (excluding diaryl/α,β-unsaturated/α-hetero) is 1. The molecule has 2 aromatic rings.